The maximum atomic E-state index is 12.5. The summed E-state index contributed by atoms with van der Waals surface area (Å²) in [5.74, 6) is 1.88. The number of benzene rings is 2. The fraction of sp³-hybridized carbons (Fsp3) is 0.0870. The van der Waals surface area contributed by atoms with Gasteiger partial charge in [-0.2, -0.15) is 0 Å². The second-order valence-corrected chi connectivity index (χ2v) is 8.94. The van der Waals surface area contributed by atoms with Crippen LogP contribution >= 0.6 is 0 Å². The fourth-order valence-electron chi connectivity index (χ4n) is 2.93. The number of hydrogen-bond donors (Lipinski definition) is 3. The van der Waals surface area contributed by atoms with E-state index < -0.39 is 10.0 Å². The van der Waals surface area contributed by atoms with E-state index >= 15 is 0 Å². The van der Waals surface area contributed by atoms with Gasteiger partial charge in [-0.15, -0.1) is 0 Å². The molecule has 0 saturated heterocycles. The zero-order valence-corrected chi connectivity index (χ0v) is 18.4. The van der Waals surface area contributed by atoms with Gasteiger partial charge < -0.3 is 10.6 Å². The highest BCUT2D eigenvalue weighted by molar-refractivity contribution is 7.92. The molecule has 0 atom stereocenters. The van der Waals surface area contributed by atoms with Gasteiger partial charge in [0.05, 0.1) is 4.90 Å². The molecule has 0 fully saturated rings. The smallest absolute Gasteiger partial charge is 0.261 e. The van der Waals surface area contributed by atoms with Gasteiger partial charge in [-0.1, -0.05) is 17.7 Å². The molecule has 4 aromatic rings. The van der Waals surface area contributed by atoms with Crippen LogP contribution in [0, 0.1) is 13.8 Å². The highest BCUT2D eigenvalue weighted by Crippen LogP contribution is 2.22. The van der Waals surface area contributed by atoms with Gasteiger partial charge in [0.2, 0.25) is 0 Å². The summed E-state index contributed by atoms with van der Waals surface area (Å²) in [7, 11) is -3.65. The van der Waals surface area contributed by atoms with Crippen LogP contribution in [0.15, 0.2) is 84.1 Å². The minimum absolute atomic E-state index is 0.217. The first kappa shape index (κ1) is 21.3. The summed E-state index contributed by atoms with van der Waals surface area (Å²) >= 11 is 0. The van der Waals surface area contributed by atoms with Gasteiger partial charge in [-0.25, -0.2) is 23.4 Å². The van der Waals surface area contributed by atoms with E-state index in [0.29, 0.717) is 23.1 Å². The van der Waals surface area contributed by atoms with Crippen molar-refractivity contribution < 1.29 is 8.42 Å². The number of anilines is 5. The van der Waals surface area contributed by atoms with E-state index in [1.807, 2.05) is 26.0 Å². The molecule has 0 unspecified atom stereocenters. The van der Waals surface area contributed by atoms with Gasteiger partial charge in [0, 0.05) is 23.6 Å². The maximum Gasteiger partial charge on any atom is 0.261 e. The van der Waals surface area contributed by atoms with Crippen LogP contribution in [0.5, 0.6) is 0 Å². The van der Waals surface area contributed by atoms with Crippen LogP contribution < -0.4 is 15.4 Å². The van der Waals surface area contributed by atoms with E-state index in [2.05, 4.69) is 30.3 Å². The Labute approximate surface area is 186 Å². The van der Waals surface area contributed by atoms with E-state index in [9.17, 15) is 8.42 Å². The third-order valence-corrected chi connectivity index (χ3v) is 5.98. The summed E-state index contributed by atoms with van der Waals surface area (Å²) < 4.78 is 27.7. The Morgan fingerprint density at radius 2 is 1.28 bits per heavy atom. The number of aromatic nitrogens is 3. The van der Waals surface area contributed by atoms with Gasteiger partial charge in [-0.05, 0) is 67.9 Å². The summed E-state index contributed by atoms with van der Waals surface area (Å²) in [6.07, 6.45) is 3.18. The minimum atomic E-state index is -3.65. The molecule has 9 heteroatoms. The zero-order chi connectivity index (χ0) is 22.6. The first-order valence-electron chi connectivity index (χ1n) is 9.86. The lowest BCUT2D eigenvalue weighted by atomic mass is 10.2. The molecule has 2 heterocycles. The van der Waals surface area contributed by atoms with Crippen molar-refractivity contribution in [1.29, 1.82) is 0 Å². The molecule has 0 radical (unpaired) electrons. The zero-order valence-electron chi connectivity index (χ0n) is 17.6. The van der Waals surface area contributed by atoms with Gasteiger partial charge in [0.1, 0.15) is 23.8 Å². The monoisotopic (exact) mass is 446 g/mol. The quantitative estimate of drug-likeness (QED) is 0.375. The maximum absolute atomic E-state index is 12.5. The molecule has 3 N–H and O–H groups in total. The molecule has 0 spiro atoms. The molecule has 0 aliphatic carbocycles. The SMILES string of the molecule is Cc1ccc(S(=O)(=O)Nc2ccc(Nc3cc(Nc4cc(C)ccn4)ncn3)cc2)cc1. The number of aryl methyl sites for hydroxylation is 2. The van der Waals surface area contributed by atoms with Crippen LogP contribution in [0.1, 0.15) is 11.1 Å². The largest absolute Gasteiger partial charge is 0.340 e. The van der Waals surface area contributed by atoms with Crippen molar-refractivity contribution in [1.82, 2.24) is 15.0 Å². The Kier molecular flexibility index (Phi) is 6.00. The Morgan fingerprint density at radius 1 is 0.656 bits per heavy atom. The van der Waals surface area contributed by atoms with Crippen LogP contribution in [-0.2, 0) is 10.0 Å². The van der Waals surface area contributed by atoms with Gasteiger partial charge in [0.25, 0.3) is 10.0 Å². The molecule has 8 nitrogen and oxygen atoms in total. The number of nitrogens with one attached hydrogen (secondary N) is 3. The van der Waals surface area contributed by atoms with Crippen LogP contribution in [0.2, 0.25) is 0 Å². The van der Waals surface area contributed by atoms with Gasteiger partial charge in [0.15, 0.2) is 0 Å². The number of sulfonamides is 1. The molecular weight excluding hydrogens is 424 g/mol. The molecule has 0 aliphatic heterocycles. The first-order chi connectivity index (χ1) is 15.4. The van der Waals surface area contributed by atoms with E-state index in [0.717, 1.165) is 16.8 Å². The number of pyridine rings is 1. The van der Waals surface area contributed by atoms with Crippen molar-refractivity contribution in [3.05, 3.63) is 90.4 Å². The van der Waals surface area contributed by atoms with Crippen molar-refractivity contribution in [2.45, 2.75) is 18.7 Å². The topological polar surface area (TPSA) is 109 Å². The molecule has 2 aromatic carbocycles. The first-order valence-corrected chi connectivity index (χ1v) is 11.3. The van der Waals surface area contributed by atoms with E-state index in [1.165, 1.54) is 6.33 Å². The fourth-order valence-corrected chi connectivity index (χ4v) is 3.99. The highest BCUT2D eigenvalue weighted by atomic mass is 32.2. The number of hydrogen-bond acceptors (Lipinski definition) is 7. The molecule has 0 bridgehead atoms. The van der Waals surface area contributed by atoms with Crippen molar-refractivity contribution in [3.8, 4) is 0 Å². The van der Waals surface area contributed by atoms with E-state index in [-0.39, 0.29) is 4.90 Å². The van der Waals surface area contributed by atoms with Crippen molar-refractivity contribution >= 4 is 38.9 Å². The lowest BCUT2D eigenvalue weighted by Gasteiger charge is -2.11. The van der Waals surface area contributed by atoms with Crippen molar-refractivity contribution in [2.24, 2.45) is 0 Å². The van der Waals surface area contributed by atoms with Gasteiger partial charge in [-0.3, -0.25) is 4.72 Å². The molecule has 2 aromatic heterocycles. The second-order valence-electron chi connectivity index (χ2n) is 7.25. The van der Waals surface area contributed by atoms with Crippen LogP contribution in [-0.4, -0.2) is 23.4 Å². The Morgan fingerprint density at radius 3 is 1.97 bits per heavy atom. The molecule has 162 valence electrons. The Hall–Kier alpha value is -3.98. The Balaban J connectivity index is 1.43. The average molecular weight is 447 g/mol. The lowest BCUT2D eigenvalue weighted by Crippen LogP contribution is -2.12. The van der Waals surface area contributed by atoms with Crippen molar-refractivity contribution in [3.63, 3.8) is 0 Å². The normalized spacial score (nSPS) is 11.1. The van der Waals surface area contributed by atoms with Crippen LogP contribution in [0.3, 0.4) is 0 Å². The lowest BCUT2D eigenvalue weighted by molar-refractivity contribution is 0.601. The molecule has 0 saturated carbocycles. The predicted molar refractivity (Wildman–Crippen MR) is 126 cm³/mol. The van der Waals surface area contributed by atoms with Crippen LogP contribution in [0.25, 0.3) is 0 Å². The minimum Gasteiger partial charge on any atom is -0.340 e. The highest BCUT2D eigenvalue weighted by Gasteiger charge is 2.13. The predicted octanol–water partition coefficient (Wildman–Crippen LogP) is 4.78. The molecule has 0 amide bonds. The molecule has 4 rings (SSSR count). The molecule has 0 aliphatic rings. The average Bonchev–Trinajstić information content (AvgIpc) is 2.76. The standard InChI is InChI=1S/C23H22N6O2S/c1-16-3-9-20(10-4-16)32(30,31)29-19-7-5-18(6-8-19)27-22-14-23(26-15-25-22)28-21-13-17(2)11-12-24-21/h3-15,29H,1-2H3,(H2,24,25,26,27,28). The third kappa shape index (κ3) is 5.38. The number of nitrogens with zero attached hydrogens (tertiary/aromatic N) is 3. The molecule has 32 heavy (non-hydrogen) atoms. The van der Waals surface area contributed by atoms with Gasteiger partial charge >= 0.3 is 0 Å². The summed E-state index contributed by atoms with van der Waals surface area (Å²) in [6.45, 7) is 3.90. The summed E-state index contributed by atoms with van der Waals surface area (Å²) in [5, 5.41) is 6.33. The molecular formula is C23H22N6O2S. The summed E-state index contributed by atoms with van der Waals surface area (Å²) in [4.78, 5) is 12.9. The van der Waals surface area contributed by atoms with Crippen molar-refractivity contribution in [2.75, 3.05) is 15.4 Å². The van der Waals surface area contributed by atoms with Crippen LogP contribution in [0.4, 0.5) is 28.8 Å². The third-order valence-electron chi connectivity index (χ3n) is 4.58. The summed E-state index contributed by atoms with van der Waals surface area (Å²) in [6, 6.07) is 19.2. The Bertz CT molecular complexity index is 1320. The van der Waals surface area contributed by atoms with E-state index in [1.54, 1.807) is 60.8 Å². The second kappa shape index (κ2) is 9.03. The number of rotatable bonds is 7. The van der Waals surface area contributed by atoms with E-state index in [4.69, 9.17) is 0 Å². The summed E-state index contributed by atoms with van der Waals surface area (Å²) in [5.41, 5.74) is 3.30.